The summed E-state index contributed by atoms with van der Waals surface area (Å²) in [5.74, 6) is 0.383. The summed E-state index contributed by atoms with van der Waals surface area (Å²) in [5, 5.41) is 24.6. The smallest absolute Gasteiger partial charge is 0.175 e. The van der Waals surface area contributed by atoms with Crippen molar-refractivity contribution in [3.8, 4) is 0 Å². The molecule has 5 atom stereocenters. The van der Waals surface area contributed by atoms with Gasteiger partial charge in [0.25, 0.3) is 0 Å². The Morgan fingerprint density at radius 3 is 1.38 bits per heavy atom. The van der Waals surface area contributed by atoms with Crippen molar-refractivity contribution in [1.29, 1.82) is 0 Å². The fourth-order valence-corrected chi connectivity index (χ4v) is 9.27. The molecule has 0 saturated carbocycles. The van der Waals surface area contributed by atoms with E-state index in [0.29, 0.717) is 18.1 Å². The molecule has 0 spiro atoms. The third-order valence-corrected chi connectivity index (χ3v) is 12.3. The molecule has 1 fully saturated rings. The molecule has 318 valence electrons. The van der Waals surface area contributed by atoms with Crippen LogP contribution in [0.25, 0.3) is 0 Å². The Hall–Kier alpha value is -6.98. The molecule has 2 aliphatic rings. The number of nitrogens with zero attached hydrogens (tertiary/aromatic N) is 4. The summed E-state index contributed by atoms with van der Waals surface area (Å²) < 4.78 is 23.9. The topological polar surface area (TPSA) is 102 Å². The monoisotopic (exact) mass is 844 g/mol. The average molecular weight is 845 g/mol. The average Bonchev–Trinajstić information content (AvgIpc) is 3.94. The van der Waals surface area contributed by atoms with Gasteiger partial charge in [0.2, 0.25) is 0 Å². The minimum absolute atomic E-state index is 0.001000. The molecule has 2 N–H and O–H groups in total. The molecule has 8 aromatic rings. The predicted octanol–water partition coefficient (Wildman–Crippen LogP) is 9.69. The summed E-state index contributed by atoms with van der Waals surface area (Å²) in [4.78, 5) is 11.2. The fraction of sp³-hybridized carbons (Fsp3) is 0.164. The lowest BCUT2D eigenvalue weighted by Gasteiger charge is -2.41. The first kappa shape index (κ1) is 41.1. The van der Waals surface area contributed by atoms with Crippen LogP contribution < -0.4 is 0 Å². The molecule has 64 heavy (non-hydrogen) atoms. The first-order valence-corrected chi connectivity index (χ1v) is 21.6. The summed E-state index contributed by atoms with van der Waals surface area (Å²) in [6.45, 7) is 0.432. The molecule has 1 aromatic heterocycles. The van der Waals surface area contributed by atoms with E-state index in [2.05, 4.69) is 77.8 Å². The minimum Gasteiger partial charge on any atom is -0.386 e. The molecular formula is C55H48N4O5. The number of ether oxygens (including phenoxy) is 3. The van der Waals surface area contributed by atoms with E-state index in [-0.39, 0.29) is 6.61 Å². The zero-order valence-electron chi connectivity index (χ0n) is 35.1. The van der Waals surface area contributed by atoms with Crippen molar-refractivity contribution in [2.75, 3.05) is 6.61 Å². The van der Waals surface area contributed by atoms with E-state index in [1.807, 2.05) is 140 Å². The predicted molar refractivity (Wildman–Crippen MR) is 246 cm³/mol. The number of aliphatic hydroxyl groups excluding tert-OH is 2. The van der Waals surface area contributed by atoms with Gasteiger partial charge in [-0.25, -0.2) is 9.98 Å². The van der Waals surface area contributed by atoms with Gasteiger partial charge >= 0.3 is 0 Å². The molecule has 3 heterocycles. The maximum absolute atomic E-state index is 12.9. The molecule has 9 heteroatoms. The second-order valence-corrected chi connectivity index (χ2v) is 16.1. The summed E-state index contributed by atoms with van der Waals surface area (Å²) in [6.07, 6.45) is -2.02. The van der Waals surface area contributed by atoms with Crippen molar-refractivity contribution in [3.05, 3.63) is 263 Å². The van der Waals surface area contributed by atoms with Gasteiger partial charge in [-0.05, 0) is 38.9 Å². The van der Waals surface area contributed by atoms with Gasteiger partial charge in [0.05, 0.1) is 19.3 Å². The quantitative estimate of drug-likeness (QED) is 0.105. The third-order valence-electron chi connectivity index (χ3n) is 12.3. The largest absolute Gasteiger partial charge is 0.386 e. The van der Waals surface area contributed by atoms with Crippen molar-refractivity contribution in [2.24, 2.45) is 4.99 Å². The van der Waals surface area contributed by atoms with Crippen molar-refractivity contribution in [1.82, 2.24) is 14.5 Å². The number of hydrogen-bond donors (Lipinski definition) is 2. The van der Waals surface area contributed by atoms with E-state index in [9.17, 15) is 10.2 Å². The Kier molecular flexibility index (Phi) is 11.6. The summed E-state index contributed by atoms with van der Waals surface area (Å²) in [7, 11) is 0. The van der Waals surface area contributed by atoms with E-state index < -0.39 is 42.0 Å². The number of aliphatic hydroxyl groups is 2. The number of imidazole rings is 1. The standard InChI is InChI=1S/C55H48N4O5/c60-49-50(64-55(44-30-16-5-17-31-44,45-32-18-6-19-33-45)46-34-20-7-21-35-46)47(63-53(49)59-39-56-48-51(59)57-38-58(52(48)61)36-40-22-8-1-9-23-40)37-62-54(41-24-10-2-11-25-41,42-26-12-3-13-27-42)43-28-14-4-15-29-43/h1-35,38-39,47,49-50,52-53,60-61H,36-37H2/t47-,49?,50?,52?,53-/m1/s1. The van der Waals surface area contributed by atoms with Crippen LogP contribution >= 0.6 is 0 Å². The van der Waals surface area contributed by atoms with Crippen LogP contribution in [0.2, 0.25) is 0 Å². The zero-order valence-corrected chi connectivity index (χ0v) is 35.1. The molecule has 0 aliphatic carbocycles. The molecule has 10 rings (SSSR count). The SMILES string of the molecule is OC1C(OC(c2ccccc2)(c2ccccc2)c2ccccc2)[C@@H](COC(c2ccccc2)(c2ccccc2)c2ccccc2)O[C@H]1n1cnc2c1N=CN(Cc1ccccc1)C2O. The van der Waals surface area contributed by atoms with Crippen LogP contribution in [0.3, 0.4) is 0 Å². The van der Waals surface area contributed by atoms with E-state index in [1.165, 1.54) is 0 Å². The molecular weight excluding hydrogens is 797 g/mol. The van der Waals surface area contributed by atoms with Crippen LogP contribution in [-0.4, -0.2) is 55.9 Å². The Labute approximate surface area is 373 Å². The maximum Gasteiger partial charge on any atom is 0.175 e. The van der Waals surface area contributed by atoms with E-state index in [4.69, 9.17) is 19.2 Å². The van der Waals surface area contributed by atoms with Crippen molar-refractivity contribution in [3.63, 3.8) is 0 Å². The lowest BCUT2D eigenvalue weighted by molar-refractivity contribution is -0.131. The van der Waals surface area contributed by atoms with Crippen LogP contribution in [0.4, 0.5) is 5.82 Å². The fourth-order valence-electron chi connectivity index (χ4n) is 9.27. The second-order valence-electron chi connectivity index (χ2n) is 16.1. The van der Waals surface area contributed by atoms with Crippen LogP contribution in [0.15, 0.2) is 224 Å². The van der Waals surface area contributed by atoms with Gasteiger partial charge in [-0.15, -0.1) is 0 Å². The number of hydrogen-bond acceptors (Lipinski definition) is 8. The lowest BCUT2D eigenvalue weighted by atomic mass is 9.79. The van der Waals surface area contributed by atoms with Crippen molar-refractivity contribution >= 4 is 12.2 Å². The molecule has 0 radical (unpaired) electrons. The highest BCUT2D eigenvalue weighted by Crippen LogP contribution is 2.48. The van der Waals surface area contributed by atoms with Gasteiger partial charge < -0.3 is 29.3 Å². The van der Waals surface area contributed by atoms with E-state index >= 15 is 0 Å². The zero-order chi connectivity index (χ0) is 43.4. The van der Waals surface area contributed by atoms with Crippen molar-refractivity contribution in [2.45, 2.75) is 48.5 Å². The van der Waals surface area contributed by atoms with Gasteiger partial charge in [0.1, 0.15) is 35.2 Å². The lowest BCUT2D eigenvalue weighted by Crippen LogP contribution is -2.46. The summed E-state index contributed by atoms with van der Waals surface area (Å²) >= 11 is 0. The molecule has 0 bridgehead atoms. The van der Waals surface area contributed by atoms with Crippen molar-refractivity contribution < 1.29 is 24.4 Å². The Morgan fingerprint density at radius 2 is 0.938 bits per heavy atom. The first-order valence-electron chi connectivity index (χ1n) is 21.6. The summed E-state index contributed by atoms with van der Waals surface area (Å²) in [6, 6.07) is 70.7. The molecule has 0 amide bonds. The number of benzene rings is 7. The molecule has 7 aromatic carbocycles. The van der Waals surface area contributed by atoms with Crippen LogP contribution in [0.1, 0.15) is 57.1 Å². The minimum atomic E-state index is -1.27. The second kappa shape index (κ2) is 18.0. The number of fused-ring (bicyclic) bond motifs is 1. The molecule has 1 saturated heterocycles. The maximum atomic E-state index is 12.9. The number of aromatic nitrogens is 2. The van der Waals surface area contributed by atoms with Crippen LogP contribution in [0, 0.1) is 0 Å². The number of aliphatic imine (C=N–C) groups is 1. The Balaban J connectivity index is 1.10. The normalized spacial score (nSPS) is 19.7. The van der Waals surface area contributed by atoms with Gasteiger partial charge in [-0.1, -0.05) is 212 Å². The first-order chi connectivity index (χ1) is 31.6. The molecule has 9 nitrogen and oxygen atoms in total. The van der Waals surface area contributed by atoms with E-state index in [1.54, 1.807) is 22.1 Å². The molecule has 2 aliphatic heterocycles. The van der Waals surface area contributed by atoms with Gasteiger partial charge in [-0.3, -0.25) is 4.57 Å². The highest BCUT2D eigenvalue weighted by molar-refractivity contribution is 5.65. The van der Waals surface area contributed by atoms with Gasteiger partial charge in [0, 0.05) is 6.54 Å². The molecule has 3 unspecified atom stereocenters. The Morgan fingerprint density at radius 1 is 0.531 bits per heavy atom. The van der Waals surface area contributed by atoms with Crippen LogP contribution in [-0.2, 0) is 32.0 Å². The highest BCUT2D eigenvalue weighted by atomic mass is 16.6. The van der Waals surface area contributed by atoms with Crippen LogP contribution in [0.5, 0.6) is 0 Å². The van der Waals surface area contributed by atoms with E-state index in [0.717, 1.165) is 38.9 Å². The Bertz CT molecular complexity index is 2570. The number of rotatable bonds is 14. The third kappa shape index (κ3) is 7.53. The van der Waals surface area contributed by atoms with Gasteiger partial charge in [-0.2, -0.15) is 0 Å². The highest BCUT2D eigenvalue weighted by Gasteiger charge is 2.53. The van der Waals surface area contributed by atoms with Gasteiger partial charge in [0.15, 0.2) is 18.3 Å². The summed E-state index contributed by atoms with van der Waals surface area (Å²) in [5.41, 5.74) is 4.50.